The highest BCUT2D eigenvalue weighted by molar-refractivity contribution is 4.80. The van der Waals surface area contributed by atoms with E-state index in [2.05, 4.69) is 39.9 Å². The van der Waals surface area contributed by atoms with Gasteiger partial charge in [-0.25, -0.2) is 0 Å². The fourth-order valence-corrected chi connectivity index (χ4v) is 2.36. The molecule has 2 nitrogen and oxygen atoms in total. The number of aliphatic hydroxyl groups is 1. The van der Waals surface area contributed by atoms with Gasteiger partial charge in [0.15, 0.2) is 0 Å². The second-order valence-electron chi connectivity index (χ2n) is 5.59. The molecule has 0 spiro atoms. The van der Waals surface area contributed by atoms with Crippen molar-refractivity contribution in [1.82, 2.24) is 5.32 Å². The molecule has 1 atom stereocenters. The number of hydrogen-bond acceptors (Lipinski definition) is 2. The zero-order chi connectivity index (χ0) is 12.6. The summed E-state index contributed by atoms with van der Waals surface area (Å²) in [5.74, 6) is 0.748. The second-order valence-corrected chi connectivity index (χ2v) is 5.59. The van der Waals surface area contributed by atoms with Crippen molar-refractivity contribution < 1.29 is 5.11 Å². The average Bonchev–Trinajstić information content (AvgIpc) is 2.23. The van der Waals surface area contributed by atoms with Gasteiger partial charge in [0.25, 0.3) is 0 Å². The van der Waals surface area contributed by atoms with Crippen LogP contribution in [0.3, 0.4) is 0 Å². The first-order valence-corrected chi connectivity index (χ1v) is 6.84. The summed E-state index contributed by atoms with van der Waals surface area (Å²) < 4.78 is 0. The largest absolute Gasteiger partial charge is 0.396 e. The minimum Gasteiger partial charge on any atom is -0.396 e. The summed E-state index contributed by atoms with van der Waals surface area (Å²) in [5.41, 5.74) is 0.292. The molecule has 98 valence electrons. The Kier molecular flexibility index (Phi) is 8.04. The Morgan fingerprint density at radius 3 is 2.06 bits per heavy atom. The lowest BCUT2D eigenvalue weighted by Gasteiger charge is -2.33. The van der Waals surface area contributed by atoms with Crippen LogP contribution in [0, 0.1) is 11.3 Å². The van der Waals surface area contributed by atoms with Crippen molar-refractivity contribution in [2.45, 2.75) is 66.3 Å². The third kappa shape index (κ3) is 5.86. The molecule has 0 aliphatic carbocycles. The quantitative estimate of drug-likeness (QED) is 0.636. The monoisotopic (exact) mass is 229 g/mol. The molecule has 0 radical (unpaired) electrons. The SMILES string of the molecule is CCC(CC)(CCO)CNC(C)CC(C)C. The highest BCUT2D eigenvalue weighted by Crippen LogP contribution is 2.29. The van der Waals surface area contributed by atoms with E-state index in [1.54, 1.807) is 0 Å². The first kappa shape index (κ1) is 15.9. The molecule has 0 saturated carbocycles. The van der Waals surface area contributed by atoms with Gasteiger partial charge in [-0.2, -0.15) is 0 Å². The predicted molar refractivity (Wildman–Crippen MR) is 71.6 cm³/mol. The lowest BCUT2D eigenvalue weighted by atomic mass is 9.79. The maximum Gasteiger partial charge on any atom is 0.0436 e. The van der Waals surface area contributed by atoms with E-state index in [0.29, 0.717) is 18.1 Å². The molecule has 0 rings (SSSR count). The van der Waals surface area contributed by atoms with Gasteiger partial charge in [-0.05, 0) is 43.9 Å². The number of hydrogen-bond donors (Lipinski definition) is 2. The standard InChI is InChI=1S/C14H31NO/c1-6-14(7-2,8-9-16)11-15-13(5)10-12(3)4/h12-13,15-16H,6-11H2,1-5H3. The highest BCUT2D eigenvalue weighted by Gasteiger charge is 2.25. The van der Waals surface area contributed by atoms with Gasteiger partial charge < -0.3 is 10.4 Å². The zero-order valence-corrected chi connectivity index (χ0v) is 11.8. The lowest BCUT2D eigenvalue weighted by molar-refractivity contribution is 0.158. The molecule has 0 fully saturated rings. The Morgan fingerprint density at radius 1 is 1.12 bits per heavy atom. The Bertz CT molecular complexity index is 164. The third-order valence-corrected chi connectivity index (χ3v) is 3.79. The van der Waals surface area contributed by atoms with Crippen molar-refractivity contribution in [3.8, 4) is 0 Å². The summed E-state index contributed by atoms with van der Waals surface area (Å²) in [6.07, 6.45) is 4.43. The van der Waals surface area contributed by atoms with Crippen molar-refractivity contribution in [2.24, 2.45) is 11.3 Å². The Morgan fingerprint density at radius 2 is 1.69 bits per heavy atom. The maximum absolute atomic E-state index is 9.15. The van der Waals surface area contributed by atoms with Crippen LogP contribution in [0.15, 0.2) is 0 Å². The van der Waals surface area contributed by atoms with Gasteiger partial charge in [0, 0.05) is 19.2 Å². The normalized spacial score (nSPS) is 14.4. The van der Waals surface area contributed by atoms with E-state index >= 15 is 0 Å². The number of rotatable bonds is 9. The molecule has 16 heavy (non-hydrogen) atoms. The first-order valence-electron chi connectivity index (χ1n) is 6.84. The summed E-state index contributed by atoms with van der Waals surface area (Å²) in [4.78, 5) is 0. The van der Waals surface area contributed by atoms with E-state index in [-0.39, 0.29) is 0 Å². The van der Waals surface area contributed by atoms with Gasteiger partial charge in [-0.15, -0.1) is 0 Å². The molecular weight excluding hydrogens is 198 g/mol. The third-order valence-electron chi connectivity index (χ3n) is 3.79. The van der Waals surface area contributed by atoms with Crippen LogP contribution in [0.1, 0.15) is 60.3 Å². The summed E-state index contributed by atoms with van der Waals surface area (Å²) >= 11 is 0. The van der Waals surface area contributed by atoms with Crippen LogP contribution < -0.4 is 5.32 Å². The van der Waals surface area contributed by atoms with Gasteiger partial charge >= 0.3 is 0 Å². The van der Waals surface area contributed by atoms with Crippen molar-refractivity contribution >= 4 is 0 Å². The van der Waals surface area contributed by atoms with Gasteiger partial charge in [0.05, 0.1) is 0 Å². The smallest absolute Gasteiger partial charge is 0.0436 e. The fraction of sp³-hybridized carbons (Fsp3) is 1.00. The Balaban J connectivity index is 4.10. The van der Waals surface area contributed by atoms with Crippen molar-refractivity contribution in [3.05, 3.63) is 0 Å². The molecule has 0 aliphatic rings. The maximum atomic E-state index is 9.15. The van der Waals surface area contributed by atoms with E-state index in [1.807, 2.05) is 0 Å². The molecule has 0 heterocycles. The molecule has 0 amide bonds. The van der Waals surface area contributed by atoms with Crippen LogP contribution in [0.25, 0.3) is 0 Å². The average molecular weight is 229 g/mol. The van der Waals surface area contributed by atoms with E-state index in [0.717, 1.165) is 31.7 Å². The van der Waals surface area contributed by atoms with Crippen LogP contribution in [-0.4, -0.2) is 24.3 Å². The van der Waals surface area contributed by atoms with Crippen LogP contribution in [-0.2, 0) is 0 Å². The minimum atomic E-state index is 0.292. The molecule has 0 saturated heterocycles. The first-order chi connectivity index (χ1) is 7.49. The minimum absolute atomic E-state index is 0.292. The summed E-state index contributed by atoms with van der Waals surface area (Å²) in [7, 11) is 0. The predicted octanol–water partition coefficient (Wildman–Crippen LogP) is 3.20. The highest BCUT2D eigenvalue weighted by atomic mass is 16.3. The molecule has 0 aromatic carbocycles. The molecule has 0 aromatic rings. The van der Waals surface area contributed by atoms with Crippen LogP contribution in [0.5, 0.6) is 0 Å². The summed E-state index contributed by atoms with van der Waals surface area (Å²) in [5, 5.41) is 12.8. The van der Waals surface area contributed by atoms with Gasteiger partial charge in [0.2, 0.25) is 0 Å². The van der Waals surface area contributed by atoms with Crippen LogP contribution in [0.2, 0.25) is 0 Å². The van der Waals surface area contributed by atoms with Crippen molar-refractivity contribution in [3.63, 3.8) is 0 Å². The van der Waals surface area contributed by atoms with E-state index in [4.69, 9.17) is 5.11 Å². The van der Waals surface area contributed by atoms with Crippen molar-refractivity contribution in [2.75, 3.05) is 13.2 Å². The second kappa shape index (κ2) is 8.08. The van der Waals surface area contributed by atoms with Gasteiger partial charge in [-0.1, -0.05) is 27.7 Å². The molecule has 0 bridgehead atoms. The van der Waals surface area contributed by atoms with Crippen LogP contribution in [0.4, 0.5) is 0 Å². The van der Waals surface area contributed by atoms with E-state index in [9.17, 15) is 0 Å². The molecule has 2 N–H and O–H groups in total. The summed E-state index contributed by atoms with van der Waals surface area (Å²) in [6.45, 7) is 12.6. The zero-order valence-electron chi connectivity index (χ0n) is 11.8. The summed E-state index contributed by atoms with van der Waals surface area (Å²) in [6, 6.07) is 0.580. The molecule has 0 aliphatic heterocycles. The topological polar surface area (TPSA) is 32.3 Å². The van der Waals surface area contributed by atoms with Crippen molar-refractivity contribution in [1.29, 1.82) is 0 Å². The fourth-order valence-electron chi connectivity index (χ4n) is 2.36. The molecule has 0 aromatic heterocycles. The van der Waals surface area contributed by atoms with Crippen LogP contribution >= 0.6 is 0 Å². The van der Waals surface area contributed by atoms with E-state index in [1.165, 1.54) is 6.42 Å². The number of aliphatic hydroxyl groups excluding tert-OH is 1. The molecule has 1 unspecified atom stereocenters. The van der Waals surface area contributed by atoms with E-state index < -0.39 is 0 Å². The Labute approximate surface area is 102 Å². The Hall–Kier alpha value is -0.0800. The lowest BCUT2D eigenvalue weighted by Crippen LogP contribution is -2.39. The molecular formula is C14H31NO. The van der Waals surface area contributed by atoms with Gasteiger partial charge in [0.1, 0.15) is 0 Å². The van der Waals surface area contributed by atoms with Gasteiger partial charge in [-0.3, -0.25) is 0 Å². The number of nitrogens with one attached hydrogen (secondary N) is 1. The molecule has 2 heteroatoms.